The van der Waals surface area contributed by atoms with Gasteiger partial charge in [0, 0.05) is 62.1 Å². The number of aliphatic hydroxyl groups excluding tert-OH is 1. The number of nitrogens with one attached hydrogen (secondary N) is 2. The number of fused-ring (bicyclic) bond motifs is 3. The summed E-state index contributed by atoms with van der Waals surface area (Å²) in [5.74, 6) is -1.66. The molecule has 6 fully saturated rings. The first-order valence-corrected chi connectivity index (χ1v) is 22.9. The lowest BCUT2D eigenvalue weighted by Gasteiger charge is -2.36. The van der Waals surface area contributed by atoms with Gasteiger partial charge in [-0.1, -0.05) is 38.0 Å². The van der Waals surface area contributed by atoms with E-state index in [1.807, 2.05) is 13.8 Å². The molecule has 4 aliphatic heterocycles. The Morgan fingerprint density at radius 3 is 2.47 bits per heavy atom. The molecule has 7 atom stereocenters. The largest absolute Gasteiger partial charge is 0.445 e. The highest BCUT2D eigenvalue weighted by molar-refractivity contribution is 7.89. The summed E-state index contributed by atoms with van der Waals surface area (Å²) in [5.41, 5.74) is 0.877. The molecule has 9 rings (SSSR count). The van der Waals surface area contributed by atoms with Crippen molar-refractivity contribution in [2.45, 2.75) is 113 Å². The zero-order chi connectivity index (χ0) is 39.8. The van der Waals surface area contributed by atoms with Gasteiger partial charge in [-0.2, -0.15) is 4.31 Å². The van der Waals surface area contributed by atoms with Crippen LogP contribution < -0.4 is 10.6 Å². The van der Waals surface area contributed by atoms with Crippen molar-refractivity contribution in [3.8, 4) is 0 Å². The number of benzene rings is 2. The number of likely N-dealkylation sites (tertiary alicyclic amines) is 1. The number of piperidine rings is 1. The van der Waals surface area contributed by atoms with Crippen LogP contribution >= 0.6 is 11.3 Å². The molecule has 3 N–H and O–H groups in total. The van der Waals surface area contributed by atoms with Gasteiger partial charge in [0.15, 0.2) is 11.4 Å². The Morgan fingerprint density at radius 2 is 1.74 bits per heavy atom. The number of hydrogen-bond donors (Lipinski definition) is 3. The van der Waals surface area contributed by atoms with Crippen LogP contribution in [0, 0.1) is 35.3 Å². The van der Waals surface area contributed by atoms with E-state index in [9.17, 15) is 27.1 Å². The van der Waals surface area contributed by atoms with Gasteiger partial charge in [0.2, 0.25) is 10.0 Å². The van der Waals surface area contributed by atoms with Crippen LogP contribution in [0.5, 0.6) is 0 Å². The van der Waals surface area contributed by atoms with Crippen LogP contribution in [-0.4, -0.2) is 110 Å². The quantitative estimate of drug-likeness (QED) is 0.174. The summed E-state index contributed by atoms with van der Waals surface area (Å²) in [7, 11) is -4.17. The maximum absolute atomic E-state index is 14.4. The van der Waals surface area contributed by atoms with Gasteiger partial charge in [-0.15, -0.1) is 0 Å². The second-order valence-corrected chi connectivity index (χ2v) is 20.1. The summed E-state index contributed by atoms with van der Waals surface area (Å²) < 4.78 is 77.1. The molecular weight excluding hydrogens is 777 g/mol. The molecule has 7 unspecified atom stereocenters. The first kappa shape index (κ1) is 40.8. The second kappa shape index (κ2) is 17.3. The highest BCUT2D eigenvalue weighted by Crippen LogP contribution is 2.46. The molecule has 4 bridgehead atoms. The monoisotopic (exact) mass is 831 g/mol. The number of carbonyl (C=O) groups excluding carboxylic acids is 1. The predicted molar refractivity (Wildman–Crippen MR) is 212 cm³/mol. The number of anilines is 1. The molecule has 312 valence electrons. The SMILES string of the molecule is CC(C)CN(CC(O)C(Cc1cc(F)cc(F)c1)NC(=O)OC1C2CCC3C(OC2)OCC31)S(=O)(=O)c1ccc2nc(NC3CCN(C4CCCC4)CC3)sc2c1. The molecule has 1 amide bonds. The Labute approximate surface area is 337 Å². The minimum absolute atomic E-state index is 0.0134. The third-order valence-corrected chi connectivity index (χ3v) is 15.4. The number of nitrogens with zero attached hydrogens (tertiary/aromatic N) is 3. The third kappa shape index (κ3) is 9.27. The Morgan fingerprint density at radius 1 is 1.00 bits per heavy atom. The van der Waals surface area contributed by atoms with Gasteiger partial charge < -0.3 is 34.9 Å². The minimum Gasteiger partial charge on any atom is -0.445 e. The van der Waals surface area contributed by atoms with Gasteiger partial charge >= 0.3 is 6.09 Å². The maximum Gasteiger partial charge on any atom is 0.407 e. The molecule has 2 saturated carbocycles. The molecule has 4 saturated heterocycles. The third-order valence-electron chi connectivity index (χ3n) is 12.6. The van der Waals surface area contributed by atoms with E-state index < -0.39 is 52.5 Å². The predicted octanol–water partition coefficient (Wildman–Crippen LogP) is 6.14. The Balaban J connectivity index is 0.975. The number of ether oxygens (including phenoxy) is 3. The number of rotatable bonds is 14. The van der Waals surface area contributed by atoms with Gasteiger partial charge in [-0.25, -0.2) is 27.0 Å². The molecule has 2 aliphatic carbocycles. The second-order valence-electron chi connectivity index (χ2n) is 17.1. The van der Waals surface area contributed by atoms with Crippen LogP contribution in [0.3, 0.4) is 0 Å². The lowest BCUT2D eigenvalue weighted by atomic mass is 9.74. The van der Waals surface area contributed by atoms with Crippen molar-refractivity contribution >= 4 is 42.8 Å². The lowest BCUT2D eigenvalue weighted by molar-refractivity contribution is -0.135. The Kier molecular flexibility index (Phi) is 12.4. The molecule has 12 nitrogen and oxygen atoms in total. The van der Waals surface area contributed by atoms with E-state index in [1.54, 1.807) is 12.1 Å². The van der Waals surface area contributed by atoms with Crippen molar-refractivity contribution in [2.75, 3.05) is 44.7 Å². The summed E-state index contributed by atoms with van der Waals surface area (Å²) >= 11 is 1.42. The molecule has 16 heteroatoms. The molecule has 1 aromatic heterocycles. The normalized spacial score (nSPS) is 27.0. The summed E-state index contributed by atoms with van der Waals surface area (Å²) in [6.07, 6.45) is 5.80. The van der Waals surface area contributed by atoms with Gasteiger partial charge in [-0.05, 0) is 86.8 Å². The Hall–Kier alpha value is -2.99. The highest BCUT2D eigenvalue weighted by Gasteiger charge is 2.53. The number of aliphatic hydroxyl groups is 1. The Bertz CT molecular complexity index is 1970. The van der Waals surface area contributed by atoms with Gasteiger partial charge in [-0.3, -0.25) is 0 Å². The van der Waals surface area contributed by atoms with Crippen molar-refractivity contribution in [1.82, 2.24) is 19.5 Å². The molecular formula is C41H55F2N5O7S2. The van der Waals surface area contributed by atoms with E-state index in [2.05, 4.69) is 15.5 Å². The topological polar surface area (TPSA) is 143 Å². The number of thiazole rings is 1. The van der Waals surface area contributed by atoms with Crippen LogP contribution in [0.15, 0.2) is 41.3 Å². The van der Waals surface area contributed by atoms with E-state index in [0.717, 1.165) is 72.8 Å². The lowest BCUT2D eigenvalue weighted by Crippen LogP contribution is -2.52. The van der Waals surface area contributed by atoms with E-state index >= 15 is 0 Å². The first-order chi connectivity index (χ1) is 27.4. The molecule has 0 radical (unpaired) electrons. The number of sulfonamides is 1. The number of carbonyl (C=O) groups is 1. The number of aromatic nitrogens is 1. The van der Waals surface area contributed by atoms with Crippen molar-refractivity contribution in [3.05, 3.63) is 53.6 Å². The fourth-order valence-corrected chi connectivity index (χ4v) is 12.4. The zero-order valence-corrected chi connectivity index (χ0v) is 34.3. The maximum atomic E-state index is 14.4. The van der Waals surface area contributed by atoms with Gasteiger partial charge in [0.1, 0.15) is 17.7 Å². The zero-order valence-electron chi connectivity index (χ0n) is 32.7. The van der Waals surface area contributed by atoms with Crippen molar-refractivity contribution in [3.63, 3.8) is 0 Å². The number of amides is 1. The molecule has 5 heterocycles. The molecule has 3 aromatic rings. The average Bonchev–Trinajstić information content (AvgIpc) is 3.89. The van der Waals surface area contributed by atoms with E-state index in [4.69, 9.17) is 19.2 Å². The first-order valence-electron chi connectivity index (χ1n) is 20.6. The van der Waals surface area contributed by atoms with Gasteiger partial charge in [0.05, 0.1) is 40.5 Å². The summed E-state index contributed by atoms with van der Waals surface area (Å²) in [4.78, 5) is 21.1. The van der Waals surface area contributed by atoms with Crippen molar-refractivity contribution in [1.29, 1.82) is 0 Å². The summed E-state index contributed by atoms with van der Waals surface area (Å²) in [5, 5.41) is 18.9. The summed E-state index contributed by atoms with van der Waals surface area (Å²) in [6, 6.07) is 7.73. The van der Waals surface area contributed by atoms with Crippen LogP contribution in [0.4, 0.5) is 18.7 Å². The number of alkyl carbamates (subject to hydrolysis) is 1. The fourth-order valence-electron chi connectivity index (χ4n) is 9.73. The van der Waals surface area contributed by atoms with E-state index in [0.29, 0.717) is 24.8 Å². The van der Waals surface area contributed by atoms with Crippen molar-refractivity contribution in [2.24, 2.45) is 23.7 Å². The van der Waals surface area contributed by atoms with E-state index in [1.165, 1.54) is 47.4 Å². The van der Waals surface area contributed by atoms with Gasteiger partial charge in [0.25, 0.3) is 0 Å². The van der Waals surface area contributed by atoms with Crippen LogP contribution in [0.25, 0.3) is 10.2 Å². The van der Waals surface area contributed by atoms with Crippen LogP contribution in [0.2, 0.25) is 0 Å². The summed E-state index contributed by atoms with van der Waals surface area (Å²) in [6.45, 7) is 6.38. The number of halogens is 2. The van der Waals surface area contributed by atoms with E-state index in [-0.39, 0.29) is 53.4 Å². The smallest absolute Gasteiger partial charge is 0.407 e. The minimum atomic E-state index is -4.17. The standard InChI is InChI=1S/C41H55F2N5O7S2/c1-24(2)20-48(57(51,52)31-8-10-34-37(19-31)56-40(45-34)44-29-11-13-47(14-12-29)30-5-3-4-6-30)21-36(49)35(17-25-15-27(42)18-28(43)16-25)46-41(50)55-38-26-7-9-32-33(38)23-54-39(32)53-22-26/h8,10,15-16,18-19,24,26,29-30,32-33,35-36,38-39,49H,3-7,9,11-14,17,20-23H2,1-2H3,(H,44,45)(H,46,50). The molecule has 6 aliphatic rings. The van der Waals surface area contributed by atoms with Crippen molar-refractivity contribution < 1.29 is 41.3 Å². The average molecular weight is 832 g/mol. The molecule has 2 aromatic carbocycles. The van der Waals surface area contributed by atoms with Crippen LogP contribution in [-0.2, 0) is 30.7 Å². The molecule has 57 heavy (non-hydrogen) atoms. The van der Waals surface area contributed by atoms with Crippen LogP contribution in [0.1, 0.15) is 70.8 Å². The highest BCUT2D eigenvalue weighted by atomic mass is 32.2. The number of hydrogen-bond acceptors (Lipinski definition) is 11. The fraction of sp³-hybridized carbons (Fsp3) is 0.659. The molecule has 0 spiro atoms.